The zero-order chi connectivity index (χ0) is 13.2. The Labute approximate surface area is 101 Å². The molecule has 0 saturated carbocycles. The summed E-state index contributed by atoms with van der Waals surface area (Å²) in [7, 11) is 1.62. The fourth-order valence-electron chi connectivity index (χ4n) is 0.398. The molecule has 0 aromatic heterocycles. The molecule has 0 aliphatic heterocycles. The second-order valence-corrected chi connectivity index (χ2v) is 6.48. The van der Waals surface area contributed by atoms with E-state index in [-0.39, 0.29) is 5.41 Å². The van der Waals surface area contributed by atoms with Gasteiger partial charge in [-0.3, -0.25) is 0 Å². The minimum Gasteiger partial charge on any atom is -0.196 e. The maximum Gasteiger partial charge on any atom is 0.170 e. The average Bonchev–Trinajstić information content (AvgIpc) is 1.98. The standard InChI is InChI=1S/C7H16N4.C5H12/c1-7(2,3)5-9-11-6-10-8-4;1-5(2,3)4/h5-6H2,1-4H3;1-4H3. The van der Waals surface area contributed by atoms with Gasteiger partial charge in [0, 0.05) is 7.05 Å². The summed E-state index contributed by atoms with van der Waals surface area (Å²) in [6, 6.07) is 0. The molecule has 0 unspecified atom stereocenters. The predicted octanol–water partition coefficient (Wildman–Crippen LogP) is 4.58. The molecule has 0 N–H and O–H groups in total. The first-order valence-electron chi connectivity index (χ1n) is 5.65. The van der Waals surface area contributed by atoms with Crippen LogP contribution in [0.4, 0.5) is 0 Å². The summed E-state index contributed by atoms with van der Waals surface area (Å²) in [5, 5.41) is 15.0. The summed E-state index contributed by atoms with van der Waals surface area (Å²) in [5.74, 6) is 0. The summed E-state index contributed by atoms with van der Waals surface area (Å²) in [4.78, 5) is 0. The van der Waals surface area contributed by atoms with Gasteiger partial charge in [-0.1, -0.05) is 48.5 Å². The second kappa shape index (κ2) is 8.36. The zero-order valence-corrected chi connectivity index (χ0v) is 12.2. The Bertz CT molecular complexity index is 200. The average molecular weight is 228 g/mol. The van der Waals surface area contributed by atoms with Crippen molar-refractivity contribution in [2.24, 2.45) is 31.3 Å². The third-order valence-corrected chi connectivity index (χ3v) is 0.913. The highest BCUT2D eigenvalue weighted by Gasteiger charge is 2.07. The van der Waals surface area contributed by atoms with Gasteiger partial charge in [0.05, 0.1) is 6.54 Å². The van der Waals surface area contributed by atoms with E-state index in [2.05, 4.69) is 68.9 Å². The Balaban J connectivity index is 0. The molecule has 0 heterocycles. The van der Waals surface area contributed by atoms with Gasteiger partial charge in [-0.25, -0.2) is 0 Å². The SMILES string of the molecule is CC(C)(C)C.CN=NCN=NCC(C)(C)C. The highest BCUT2D eigenvalue weighted by Crippen LogP contribution is 2.12. The molecule has 16 heavy (non-hydrogen) atoms. The summed E-state index contributed by atoms with van der Waals surface area (Å²) < 4.78 is 0. The highest BCUT2D eigenvalue weighted by molar-refractivity contribution is 4.62. The smallest absolute Gasteiger partial charge is 0.170 e. The number of hydrogen-bond donors (Lipinski definition) is 0. The lowest BCUT2D eigenvalue weighted by Gasteiger charge is -2.12. The Kier molecular flexibility index (Phi) is 9.19. The molecule has 0 radical (unpaired) electrons. The summed E-state index contributed by atoms with van der Waals surface area (Å²) in [6.45, 7) is 16.2. The summed E-state index contributed by atoms with van der Waals surface area (Å²) in [6.07, 6.45) is 0. The van der Waals surface area contributed by atoms with Crippen LogP contribution in [-0.2, 0) is 0 Å². The van der Waals surface area contributed by atoms with E-state index < -0.39 is 0 Å². The summed E-state index contributed by atoms with van der Waals surface area (Å²) >= 11 is 0. The van der Waals surface area contributed by atoms with Crippen LogP contribution in [0.1, 0.15) is 48.5 Å². The molecular weight excluding hydrogens is 200 g/mol. The Morgan fingerprint density at radius 3 is 1.50 bits per heavy atom. The first-order valence-corrected chi connectivity index (χ1v) is 5.65. The molecule has 0 aliphatic rings. The van der Waals surface area contributed by atoms with Gasteiger partial charge in [0.1, 0.15) is 0 Å². The van der Waals surface area contributed by atoms with Crippen molar-refractivity contribution in [2.75, 3.05) is 20.3 Å². The van der Waals surface area contributed by atoms with Gasteiger partial charge in [-0.15, -0.1) is 0 Å². The lowest BCUT2D eigenvalue weighted by Crippen LogP contribution is -2.08. The largest absolute Gasteiger partial charge is 0.196 e. The van der Waals surface area contributed by atoms with Crippen LogP contribution in [0.2, 0.25) is 0 Å². The third kappa shape index (κ3) is 37.9. The molecule has 0 aromatic carbocycles. The van der Waals surface area contributed by atoms with Crippen molar-refractivity contribution in [3.8, 4) is 0 Å². The molecule has 0 amide bonds. The third-order valence-electron chi connectivity index (χ3n) is 0.913. The van der Waals surface area contributed by atoms with Crippen LogP contribution in [0, 0.1) is 10.8 Å². The Morgan fingerprint density at radius 2 is 1.19 bits per heavy atom. The van der Waals surface area contributed by atoms with Gasteiger partial charge in [-0.05, 0) is 10.8 Å². The minimum atomic E-state index is 0.215. The molecule has 96 valence electrons. The molecule has 0 fully saturated rings. The van der Waals surface area contributed by atoms with Gasteiger partial charge in [0.15, 0.2) is 6.67 Å². The minimum absolute atomic E-state index is 0.215. The van der Waals surface area contributed by atoms with Crippen LogP contribution >= 0.6 is 0 Å². The molecule has 0 spiro atoms. The molecular formula is C12H28N4. The first kappa shape index (κ1) is 17.6. The quantitative estimate of drug-likeness (QED) is 0.635. The fourth-order valence-corrected chi connectivity index (χ4v) is 0.398. The number of azo groups is 2. The van der Waals surface area contributed by atoms with E-state index in [9.17, 15) is 0 Å². The van der Waals surface area contributed by atoms with Crippen molar-refractivity contribution in [1.29, 1.82) is 0 Å². The fraction of sp³-hybridized carbons (Fsp3) is 1.00. The monoisotopic (exact) mass is 228 g/mol. The van der Waals surface area contributed by atoms with Gasteiger partial charge in [0.2, 0.25) is 0 Å². The van der Waals surface area contributed by atoms with Crippen molar-refractivity contribution in [2.45, 2.75) is 48.5 Å². The number of nitrogens with zero attached hydrogens (tertiary/aromatic N) is 4. The molecule has 0 aromatic rings. The van der Waals surface area contributed by atoms with Gasteiger partial charge in [-0.2, -0.15) is 20.5 Å². The van der Waals surface area contributed by atoms with Crippen molar-refractivity contribution >= 4 is 0 Å². The maximum atomic E-state index is 3.95. The van der Waals surface area contributed by atoms with Gasteiger partial charge < -0.3 is 0 Å². The molecule has 0 saturated heterocycles. The van der Waals surface area contributed by atoms with E-state index in [0.29, 0.717) is 12.1 Å². The van der Waals surface area contributed by atoms with E-state index in [0.717, 1.165) is 6.54 Å². The van der Waals surface area contributed by atoms with Crippen LogP contribution in [-0.4, -0.2) is 20.3 Å². The summed E-state index contributed by atoms with van der Waals surface area (Å²) in [5.41, 5.74) is 0.715. The molecule has 4 nitrogen and oxygen atoms in total. The lowest BCUT2D eigenvalue weighted by atomic mass is 9.98. The van der Waals surface area contributed by atoms with Crippen molar-refractivity contribution < 1.29 is 0 Å². The van der Waals surface area contributed by atoms with Crippen molar-refractivity contribution in [1.82, 2.24) is 0 Å². The Hall–Kier alpha value is -0.800. The maximum absolute atomic E-state index is 3.95. The molecule has 0 atom stereocenters. The highest BCUT2D eigenvalue weighted by atomic mass is 15.2. The Morgan fingerprint density at radius 1 is 0.750 bits per heavy atom. The van der Waals surface area contributed by atoms with Crippen molar-refractivity contribution in [3.05, 3.63) is 0 Å². The topological polar surface area (TPSA) is 49.4 Å². The van der Waals surface area contributed by atoms with Gasteiger partial charge in [0.25, 0.3) is 0 Å². The predicted molar refractivity (Wildman–Crippen MR) is 70.0 cm³/mol. The van der Waals surface area contributed by atoms with E-state index in [1.165, 1.54) is 0 Å². The van der Waals surface area contributed by atoms with Crippen molar-refractivity contribution in [3.63, 3.8) is 0 Å². The normalized spacial score (nSPS) is 13.0. The van der Waals surface area contributed by atoms with E-state index >= 15 is 0 Å². The molecule has 4 heteroatoms. The van der Waals surface area contributed by atoms with E-state index in [4.69, 9.17) is 0 Å². The van der Waals surface area contributed by atoms with Crippen LogP contribution in [0.3, 0.4) is 0 Å². The number of hydrogen-bond acceptors (Lipinski definition) is 4. The van der Waals surface area contributed by atoms with E-state index in [1.54, 1.807) is 7.05 Å². The molecule has 0 rings (SSSR count). The molecule has 0 bridgehead atoms. The zero-order valence-electron chi connectivity index (χ0n) is 12.2. The second-order valence-electron chi connectivity index (χ2n) is 6.48. The lowest BCUT2D eigenvalue weighted by molar-refractivity contribution is 0.419. The van der Waals surface area contributed by atoms with Crippen LogP contribution in [0.15, 0.2) is 20.5 Å². The number of rotatable bonds is 3. The van der Waals surface area contributed by atoms with Crippen LogP contribution in [0.25, 0.3) is 0 Å². The first-order chi connectivity index (χ1) is 7.06. The van der Waals surface area contributed by atoms with Crippen LogP contribution < -0.4 is 0 Å². The molecule has 0 aliphatic carbocycles. The van der Waals surface area contributed by atoms with Crippen LogP contribution in [0.5, 0.6) is 0 Å². The van der Waals surface area contributed by atoms with E-state index in [1.807, 2.05) is 0 Å². The van der Waals surface area contributed by atoms with Gasteiger partial charge >= 0.3 is 0 Å².